The number of nitrogens with zero attached hydrogens (tertiary/aromatic N) is 3. The van der Waals surface area contributed by atoms with E-state index < -0.39 is 6.29 Å². The number of aromatic amines is 1. The van der Waals surface area contributed by atoms with E-state index in [1.165, 1.54) is 0 Å². The summed E-state index contributed by atoms with van der Waals surface area (Å²) in [5.41, 5.74) is 7.38. The number of allylic oxidation sites excluding steroid dienone is 8. The lowest BCUT2D eigenvalue weighted by atomic mass is 10.1. The second kappa shape index (κ2) is 7.79. The van der Waals surface area contributed by atoms with Gasteiger partial charge in [-0.25, -0.2) is 15.0 Å². The predicted octanol–water partition coefficient (Wildman–Crippen LogP) is 4.06. The Bertz CT molecular complexity index is 1260. The smallest absolute Gasteiger partial charge is 0.187 e. The van der Waals surface area contributed by atoms with Crippen molar-refractivity contribution >= 4 is 28.8 Å². The highest BCUT2D eigenvalue weighted by Gasteiger charge is 2.25. The quantitative estimate of drug-likeness (QED) is 0.579. The van der Waals surface area contributed by atoms with Crippen molar-refractivity contribution < 1.29 is 14.6 Å². The summed E-state index contributed by atoms with van der Waals surface area (Å²) in [6.07, 6.45) is 15.7. The maximum absolute atomic E-state index is 9.84. The molecule has 5 rings (SSSR count). The van der Waals surface area contributed by atoms with E-state index in [9.17, 15) is 5.11 Å². The highest BCUT2D eigenvalue weighted by atomic mass is 16.7. The molecule has 1 aromatic rings. The Balaban J connectivity index is 1.71. The number of aliphatic hydroxyl groups is 1. The zero-order valence-electron chi connectivity index (χ0n) is 17.0. The summed E-state index contributed by atoms with van der Waals surface area (Å²) in [6.45, 7) is 0. The molecule has 0 spiro atoms. The second-order valence-corrected chi connectivity index (χ2v) is 7.14. The van der Waals surface area contributed by atoms with Crippen molar-refractivity contribution in [3.63, 3.8) is 0 Å². The molecule has 2 N–H and O–H groups in total. The molecular formula is C24H20N4O3. The van der Waals surface area contributed by atoms with E-state index in [0.717, 1.165) is 51.7 Å². The van der Waals surface area contributed by atoms with E-state index >= 15 is 0 Å². The van der Waals surface area contributed by atoms with Gasteiger partial charge in [-0.05, 0) is 60.7 Å². The molecule has 0 atom stereocenters. The van der Waals surface area contributed by atoms with Crippen LogP contribution in [0.1, 0.15) is 11.4 Å². The zero-order chi connectivity index (χ0) is 21.4. The Morgan fingerprint density at radius 2 is 1.61 bits per heavy atom. The van der Waals surface area contributed by atoms with Gasteiger partial charge in [0.25, 0.3) is 0 Å². The Morgan fingerprint density at radius 3 is 2.39 bits per heavy atom. The number of H-pyrrole nitrogens is 1. The normalized spacial score (nSPS) is 20.5. The summed E-state index contributed by atoms with van der Waals surface area (Å²) in [7, 11) is 3.18. The first kappa shape index (κ1) is 19.2. The molecule has 0 radical (unpaired) electrons. The summed E-state index contributed by atoms with van der Waals surface area (Å²) < 4.78 is 11.1. The number of hydrogen-bond donors (Lipinski definition) is 2. The Morgan fingerprint density at radius 1 is 0.871 bits per heavy atom. The number of hydrogen-bond acceptors (Lipinski definition) is 6. The van der Waals surface area contributed by atoms with Gasteiger partial charge >= 0.3 is 0 Å². The molecule has 0 amide bonds. The molecule has 4 aliphatic rings. The molecular weight excluding hydrogens is 392 g/mol. The van der Waals surface area contributed by atoms with Gasteiger partial charge in [-0.15, -0.1) is 0 Å². The Labute approximate surface area is 179 Å². The largest absolute Gasteiger partial charge is 0.515 e. The van der Waals surface area contributed by atoms with E-state index in [4.69, 9.17) is 19.5 Å². The van der Waals surface area contributed by atoms with Crippen LogP contribution in [0, 0.1) is 0 Å². The van der Waals surface area contributed by atoms with Gasteiger partial charge in [-0.2, -0.15) is 0 Å². The minimum Gasteiger partial charge on any atom is -0.515 e. The lowest BCUT2D eigenvalue weighted by molar-refractivity contribution is -0.0713. The van der Waals surface area contributed by atoms with E-state index in [-0.39, 0.29) is 0 Å². The van der Waals surface area contributed by atoms with Gasteiger partial charge in [0.2, 0.25) is 0 Å². The summed E-state index contributed by atoms with van der Waals surface area (Å²) in [6, 6.07) is 3.84. The molecule has 1 aromatic heterocycles. The number of methoxy groups -OCH3 is 2. The molecule has 8 bridgehead atoms. The monoisotopic (exact) mass is 412 g/mol. The number of nitrogens with one attached hydrogen (secondary N) is 1. The number of fused-ring (bicyclic) bond motifs is 5. The van der Waals surface area contributed by atoms with Crippen molar-refractivity contribution in [3.8, 4) is 0 Å². The fraction of sp³-hybridized carbons (Fsp3) is 0.125. The molecule has 4 aliphatic heterocycles. The van der Waals surface area contributed by atoms with Crippen LogP contribution < -0.4 is 0 Å². The van der Waals surface area contributed by atoms with Crippen LogP contribution in [0.25, 0.3) is 11.6 Å². The van der Waals surface area contributed by atoms with Gasteiger partial charge < -0.3 is 19.6 Å². The van der Waals surface area contributed by atoms with Crippen LogP contribution in [0.3, 0.4) is 0 Å². The van der Waals surface area contributed by atoms with Crippen LogP contribution in [-0.4, -0.2) is 47.7 Å². The molecule has 154 valence electrons. The van der Waals surface area contributed by atoms with E-state index in [1.54, 1.807) is 14.2 Å². The molecule has 7 nitrogen and oxygen atoms in total. The van der Waals surface area contributed by atoms with Crippen LogP contribution in [0.5, 0.6) is 0 Å². The van der Waals surface area contributed by atoms with Crippen molar-refractivity contribution in [2.24, 2.45) is 15.0 Å². The second-order valence-electron chi connectivity index (χ2n) is 7.14. The summed E-state index contributed by atoms with van der Waals surface area (Å²) >= 11 is 0. The van der Waals surface area contributed by atoms with Crippen molar-refractivity contribution in [2.45, 2.75) is 6.29 Å². The highest BCUT2D eigenvalue weighted by Crippen LogP contribution is 2.28. The van der Waals surface area contributed by atoms with Crippen molar-refractivity contribution in [1.82, 2.24) is 4.98 Å². The molecule has 0 saturated heterocycles. The molecule has 7 heteroatoms. The number of aromatic nitrogens is 1. The third-order valence-corrected chi connectivity index (χ3v) is 5.20. The third-order valence-electron chi connectivity index (χ3n) is 5.20. The van der Waals surface area contributed by atoms with E-state index in [1.807, 2.05) is 60.7 Å². The molecule has 0 aliphatic carbocycles. The van der Waals surface area contributed by atoms with Gasteiger partial charge in [0, 0.05) is 19.9 Å². The van der Waals surface area contributed by atoms with Crippen LogP contribution in [0.4, 0.5) is 0 Å². The van der Waals surface area contributed by atoms with Crippen LogP contribution in [-0.2, 0) is 9.47 Å². The van der Waals surface area contributed by atoms with E-state index in [0.29, 0.717) is 11.3 Å². The molecule has 5 heterocycles. The molecule has 0 saturated carbocycles. The minimum atomic E-state index is -0.609. The zero-order valence-corrected chi connectivity index (χ0v) is 17.0. The highest BCUT2D eigenvalue weighted by molar-refractivity contribution is 6.30. The van der Waals surface area contributed by atoms with Gasteiger partial charge in [0.15, 0.2) is 6.29 Å². The molecule has 0 fully saturated rings. The summed E-state index contributed by atoms with van der Waals surface area (Å²) in [5.74, 6) is 0. The molecule has 31 heavy (non-hydrogen) atoms. The van der Waals surface area contributed by atoms with E-state index in [2.05, 4.69) is 9.98 Å². The molecule has 0 unspecified atom stereocenters. The summed E-state index contributed by atoms with van der Waals surface area (Å²) in [5, 5.41) is 9.84. The van der Waals surface area contributed by atoms with Crippen LogP contribution in [0.2, 0.25) is 0 Å². The average molecular weight is 412 g/mol. The maximum atomic E-state index is 9.84. The lowest BCUT2D eigenvalue weighted by Gasteiger charge is -2.17. The lowest BCUT2D eigenvalue weighted by Crippen LogP contribution is -2.22. The van der Waals surface area contributed by atoms with Gasteiger partial charge in [-0.3, -0.25) is 0 Å². The van der Waals surface area contributed by atoms with Crippen molar-refractivity contribution in [1.29, 1.82) is 0 Å². The number of rotatable bonds is 3. The Kier molecular flexibility index (Phi) is 4.82. The van der Waals surface area contributed by atoms with Crippen LogP contribution >= 0.6 is 0 Å². The molecule has 0 aromatic carbocycles. The fourth-order valence-corrected chi connectivity index (χ4v) is 3.77. The number of ether oxygens (including phenoxy) is 2. The van der Waals surface area contributed by atoms with Crippen LogP contribution in [0.15, 0.2) is 98.6 Å². The summed E-state index contributed by atoms with van der Waals surface area (Å²) in [4.78, 5) is 17.4. The standard InChI is InChI=1S/C24H20N4O3/c1-30-24(31-2)23-21-9-5-16(27-21)11-14-3-7-19(25-14)18(13-29)20-8-4-15(26-20)12-17-6-10-22(23)28-17/h3-13,24-25,29H,1-2H3/b15-12?,16-11?,18-13+,23-22?. The minimum absolute atomic E-state index is 0.609. The number of aliphatic imine (C=N–C) groups is 3. The van der Waals surface area contributed by atoms with Crippen molar-refractivity contribution in [3.05, 3.63) is 95.0 Å². The predicted molar refractivity (Wildman–Crippen MR) is 122 cm³/mol. The number of aliphatic hydroxyl groups excluding tert-OH is 1. The first-order valence-electron chi connectivity index (χ1n) is 9.76. The first-order valence-corrected chi connectivity index (χ1v) is 9.76. The van der Waals surface area contributed by atoms with Crippen molar-refractivity contribution in [2.75, 3.05) is 14.2 Å². The average Bonchev–Trinajstić information content (AvgIpc) is 3.56. The van der Waals surface area contributed by atoms with Gasteiger partial charge in [-0.1, -0.05) is 0 Å². The van der Waals surface area contributed by atoms with Gasteiger partial charge in [0.05, 0.1) is 57.3 Å². The third kappa shape index (κ3) is 3.50. The topological polar surface area (TPSA) is 91.6 Å². The maximum Gasteiger partial charge on any atom is 0.187 e. The Hall–Kier alpha value is -3.81. The van der Waals surface area contributed by atoms with Gasteiger partial charge in [0.1, 0.15) is 0 Å². The SMILES string of the molecule is COC(OC)C1=C2C=CC(=N2)C=C2C=CC(=N2)/C(=C/O)c2ccc([nH]2)C=C2C=CC1=N2. The first-order chi connectivity index (χ1) is 15.2. The fourth-order valence-electron chi connectivity index (χ4n) is 3.77.